The Bertz CT molecular complexity index is 776. The third kappa shape index (κ3) is 1.95. The summed E-state index contributed by atoms with van der Waals surface area (Å²) in [4.78, 5) is 4.40. The van der Waals surface area contributed by atoms with Crippen LogP contribution in [0.25, 0.3) is 11.0 Å². The summed E-state index contributed by atoms with van der Waals surface area (Å²) in [5.74, 6) is 0.490. The van der Waals surface area contributed by atoms with Crippen LogP contribution in [0.5, 0.6) is 0 Å². The van der Waals surface area contributed by atoms with Crippen molar-refractivity contribution < 1.29 is 0 Å². The maximum atomic E-state index is 6.19. The molecule has 3 rings (SSSR count). The van der Waals surface area contributed by atoms with E-state index < -0.39 is 0 Å². The van der Waals surface area contributed by atoms with Gasteiger partial charge in [0.25, 0.3) is 0 Å². The number of nitrogens with zero attached hydrogens (tertiary/aromatic N) is 2. The lowest BCUT2D eigenvalue weighted by Gasteiger charge is -2.18. The van der Waals surface area contributed by atoms with E-state index in [0.29, 0.717) is 11.0 Å². The van der Waals surface area contributed by atoms with Gasteiger partial charge in [0.15, 0.2) is 0 Å². The van der Waals surface area contributed by atoms with Crippen LogP contribution in [-0.2, 0) is 0 Å². The molecule has 0 saturated heterocycles. The van der Waals surface area contributed by atoms with E-state index in [-0.39, 0.29) is 6.04 Å². The van der Waals surface area contributed by atoms with Crippen LogP contribution >= 0.6 is 11.6 Å². The van der Waals surface area contributed by atoms with Crippen LogP contribution in [0.2, 0.25) is 5.02 Å². The number of fused-ring (bicyclic) bond motifs is 1. The number of nitrogen functional groups attached to an aromatic ring is 1. The SMILES string of the molecule is Cc1ccccc1C(C)n1c(N)nc2c(Cl)cccc21. The van der Waals surface area contributed by atoms with E-state index >= 15 is 0 Å². The van der Waals surface area contributed by atoms with E-state index in [1.165, 1.54) is 11.1 Å². The highest BCUT2D eigenvalue weighted by atomic mass is 35.5. The van der Waals surface area contributed by atoms with E-state index in [4.69, 9.17) is 17.3 Å². The van der Waals surface area contributed by atoms with Gasteiger partial charge in [-0.15, -0.1) is 0 Å². The van der Waals surface area contributed by atoms with Crippen molar-refractivity contribution in [3.05, 3.63) is 58.6 Å². The fourth-order valence-corrected chi connectivity index (χ4v) is 2.91. The molecule has 0 bridgehead atoms. The molecule has 3 nitrogen and oxygen atoms in total. The van der Waals surface area contributed by atoms with Gasteiger partial charge in [0.2, 0.25) is 5.95 Å². The van der Waals surface area contributed by atoms with E-state index in [9.17, 15) is 0 Å². The molecule has 0 fully saturated rings. The number of nitrogens with two attached hydrogens (primary N) is 1. The van der Waals surface area contributed by atoms with E-state index in [2.05, 4.69) is 31.0 Å². The van der Waals surface area contributed by atoms with Crippen molar-refractivity contribution in [3.63, 3.8) is 0 Å². The number of aryl methyl sites for hydroxylation is 1. The number of imidazole rings is 1. The molecule has 0 aliphatic rings. The molecule has 0 aliphatic heterocycles. The predicted molar refractivity (Wildman–Crippen MR) is 84.1 cm³/mol. The number of aromatic nitrogens is 2. The number of hydrogen-bond acceptors (Lipinski definition) is 2. The molecule has 1 unspecified atom stereocenters. The monoisotopic (exact) mass is 285 g/mol. The second-order valence-electron chi connectivity index (χ2n) is 4.98. The van der Waals surface area contributed by atoms with Crippen LogP contribution in [0.3, 0.4) is 0 Å². The fourth-order valence-electron chi connectivity index (χ4n) is 2.70. The minimum atomic E-state index is 0.111. The number of hydrogen-bond donors (Lipinski definition) is 1. The molecule has 0 amide bonds. The first-order valence-corrected chi connectivity index (χ1v) is 6.95. The Morgan fingerprint density at radius 3 is 2.65 bits per heavy atom. The topological polar surface area (TPSA) is 43.8 Å². The highest BCUT2D eigenvalue weighted by Gasteiger charge is 2.17. The zero-order valence-electron chi connectivity index (χ0n) is 11.5. The van der Waals surface area contributed by atoms with Gasteiger partial charge in [0, 0.05) is 0 Å². The largest absolute Gasteiger partial charge is 0.369 e. The summed E-state index contributed by atoms with van der Waals surface area (Å²) in [6, 6.07) is 14.2. The van der Waals surface area contributed by atoms with Crippen LogP contribution in [0, 0.1) is 6.92 Å². The van der Waals surface area contributed by atoms with Gasteiger partial charge in [-0.1, -0.05) is 41.9 Å². The van der Waals surface area contributed by atoms with Crippen molar-refractivity contribution in [2.24, 2.45) is 0 Å². The van der Waals surface area contributed by atoms with Crippen LogP contribution in [0.4, 0.5) is 5.95 Å². The Balaban J connectivity index is 2.22. The molecule has 0 saturated carbocycles. The number of anilines is 1. The molecule has 2 aromatic carbocycles. The third-order valence-corrected chi connectivity index (χ3v) is 4.03. The summed E-state index contributed by atoms with van der Waals surface area (Å²) in [6.07, 6.45) is 0. The van der Waals surface area contributed by atoms with E-state index in [1.807, 2.05) is 34.9 Å². The Morgan fingerprint density at radius 2 is 1.90 bits per heavy atom. The maximum Gasteiger partial charge on any atom is 0.201 e. The van der Waals surface area contributed by atoms with Gasteiger partial charge >= 0.3 is 0 Å². The lowest BCUT2D eigenvalue weighted by molar-refractivity contribution is 0.664. The first-order valence-electron chi connectivity index (χ1n) is 6.57. The summed E-state index contributed by atoms with van der Waals surface area (Å²) >= 11 is 6.19. The summed E-state index contributed by atoms with van der Waals surface area (Å²) in [6.45, 7) is 4.23. The van der Waals surface area contributed by atoms with Gasteiger partial charge in [-0.25, -0.2) is 4.98 Å². The van der Waals surface area contributed by atoms with Crippen molar-refractivity contribution in [1.29, 1.82) is 0 Å². The van der Waals surface area contributed by atoms with Gasteiger partial charge in [-0.2, -0.15) is 0 Å². The van der Waals surface area contributed by atoms with Crippen molar-refractivity contribution in [2.75, 3.05) is 5.73 Å². The number of benzene rings is 2. The van der Waals surface area contributed by atoms with Gasteiger partial charge in [-0.3, -0.25) is 0 Å². The fraction of sp³-hybridized carbons (Fsp3) is 0.188. The maximum absolute atomic E-state index is 6.19. The quantitative estimate of drug-likeness (QED) is 0.767. The van der Waals surface area contributed by atoms with Crippen LogP contribution in [0.15, 0.2) is 42.5 Å². The van der Waals surface area contributed by atoms with E-state index in [0.717, 1.165) is 11.0 Å². The van der Waals surface area contributed by atoms with Gasteiger partial charge < -0.3 is 10.3 Å². The smallest absolute Gasteiger partial charge is 0.201 e. The normalized spacial score (nSPS) is 12.8. The van der Waals surface area contributed by atoms with Crippen molar-refractivity contribution in [2.45, 2.75) is 19.9 Å². The second-order valence-corrected chi connectivity index (χ2v) is 5.39. The molecule has 3 aromatic rings. The molecular formula is C16H16ClN3. The Hall–Kier alpha value is -2.00. The molecule has 4 heteroatoms. The highest BCUT2D eigenvalue weighted by molar-refractivity contribution is 6.35. The molecule has 1 atom stereocenters. The molecule has 102 valence electrons. The predicted octanol–water partition coefficient (Wildman–Crippen LogP) is 4.19. The summed E-state index contributed by atoms with van der Waals surface area (Å²) in [5.41, 5.74) is 10.3. The zero-order chi connectivity index (χ0) is 14.3. The number of rotatable bonds is 2. The standard InChI is InChI=1S/C16H16ClN3/c1-10-6-3-4-7-12(10)11(2)20-14-9-5-8-13(17)15(14)19-16(20)18/h3-9,11H,1-2H3,(H2,18,19). The second kappa shape index (κ2) is 4.84. The summed E-state index contributed by atoms with van der Waals surface area (Å²) in [7, 11) is 0. The first-order chi connectivity index (χ1) is 9.59. The van der Waals surface area contributed by atoms with E-state index in [1.54, 1.807) is 0 Å². The lowest BCUT2D eigenvalue weighted by atomic mass is 10.0. The van der Waals surface area contributed by atoms with Crippen LogP contribution in [0.1, 0.15) is 24.1 Å². The van der Waals surface area contributed by atoms with Gasteiger partial charge in [-0.05, 0) is 37.1 Å². The summed E-state index contributed by atoms with van der Waals surface area (Å²) < 4.78 is 2.03. The van der Waals surface area contributed by atoms with Crippen molar-refractivity contribution in [1.82, 2.24) is 9.55 Å². The van der Waals surface area contributed by atoms with Crippen molar-refractivity contribution >= 4 is 28.6 Å². The molecule has 20 heavy (non-hydrogen) atoms. The minimum Gasteiger partial charge on any atom is -0.369 e. The average Bonchev–Trinajstić information content (AvgIpc) is 2.76. The first kappa shape index (κ1) is 13.0. The van der Waals surface area contributed by atoms with Gasteiger partial charge in [0.05, 0.1) is 16.6 Å². The minimum absolute atomic E-state index is 0.111. The van der Waals surface area contributed by atoms with Crippen molar-refractivity contribution in [3.8, 4) is 0 Å². The average molecular weight is 286 g/mol. The van der Waals surface area contributed by atoms with Gasteiger partial charge in [0.1, 0.15) is 5.52 Å². The molecule has 1 heterocycles. The molecular weight excluding hydrogens is 270 g/mol. The third-order valence-electron chi connectivity index (χ3n) is 3.72. The summed E-state index contributed by atoms with van der Waals surface area (Å²) in [5, 5.41) is 0.630. The number of halogens is 1. The van der Waals surface area contributed by atoms with Crippen LogP contribution in [-0.4, -0.2) is 9.55 Å². The molecule has 1 aromatic heterocycles. The Labute approximate surface area is 123 Å². The highest BCUT2D eigenvalue weighted by Crippen LogP contribution is 2.31. The molecule has 0 radical (unpaired) electrons. The van der Waals surface area contributed by atoms with Crippen LogP contribution < -0.4 is 5.73 Å². The molecule has 2 N–H and O–H groups in total. The Morgan fingerprint density at radius 1 is 1.15 bits per heavy atom. The lowest BCUT2D eigenvalue weighted by Crippen LogP contribution is -2.11. The zero-order valence-corrected chi connectivity index (χ0v) is 12.2. The molecule has 0 spiro atoms. The number of para-hydroxylation sites is 1. The Kier molecular flexibility index (Phi) is 3.14. The molecule has 0 aliphatic carbocycles.